The van der Waals surface area contributed by atoms with Crippen LogP contribution in [0.1, 0.15) is 108 Å². The lowest BCUT2D eigenvalue weighted by Crippen LogP contribution is -2.52. The fourth-order valence-electron chi connectivity index (χ4n) is 9.40. The Hall–Kier alpha value is -5.14. The summed E-state index contributed by atoms with van der Waals surface area (Å²) in [5.74, 6) is -1.80. The predicted molar refractivity (Wildman–Crippen MR) is 281 cm³/mol. The van der Waals surface area contributed by atoms with Crippen LogP contribution in [0.25, 0.3) is 20.9 Å². The van der Waals surface area contributed by atoms with Crippen molar-refractivity contribution in [1.29, 1.82) is 0 Å². The molecule has 3 aliphatic heterocycles. The second-order valence-corrected chi connectivity index (χ2v) is 21.6. The molecule has 0 saturated carbocycles. The fraction of sp³-hybridized carbons (Fsp3) is 0.414. The number of carbonyl (C=O) groups excluding carboxylic acids is 2. The summed E-state index contributed by atoms with van der Waals surface area (Å²) >= 11 is 3.47. The Morgan fingerprint density at radius 3 is 1.68 bits per heavy atom. The minimum Gasteiger partial charge on any atom is -0.458 e. The summed E-state index contributed by atoms with van der Waals surface area (Å²) in [6.07, 6.45) is -4.70. The molecule has 0 bridgehead atoms. The van der Waals surface area contributed by atoms with E-state index in [1.807, 2.05) is 86.6 Å². The highest BCUT2D eigenvalue weighted by Crippen LogP contribution is 2.43. The van der Waals surface area contributed by atoms with Gasteiger partial charge in [-0.25, -0.2) is 0 Å². The molecule has 13 nitrogen and oxygen atoms in total. The Morgan fingerprint density at radius 2 is 1.18 bits per heavy atom. The zero-order valence-corrected chi connectivity index (χ0v) is 44.4. The highest BCUT2D eigenvalue weighted by atomic mass is 32.1. The maximum absolute atomic E-state index is 12.0. The van der Waals surface area contributed by atoms with E-state index in [9.17, 15) is 30.0 Å². The number of carbonyl (C=O) groups is 2. The van der Waals surface area contributed by atoms with Gasteiger partial charge in [0.2, 0.25) is 0 Å². The first-order chi connectivity index (χ1) is 34.9. The molecule has 6 aromatic rings. The van der Waals surface area contributed by atoms with Gasteiger partial charge in [-0.3, -0.25) is 9.59 Å². The largest absolute Gasteiger partial charge is 0.458 e. The first-order valence-corrected chi connectivity index (χ1v) is 26.1. The van der Waals surface area contributed by atoms with Crippen LogP contribution in [0.3, 0.4) is 0 Å². The van der Waals surface area contributed by atoms with Gasteiger partial charge in [0, 0.05) is 59.2 Å². The second-order valence-electron chi connectivity index (χ2n) is 19.2. The zero-order chi connectivity index (χ0) is 52.7. The lowest BCUT2D eigenvalue weighted by Gasteiger charge is -2.43. The molecule has 390 valence electrons. The maximum atomic E-state index is 12.0. The molecule has 0 amide bonds. The van der Waals surface area contributed by atoms with E-state index in [-0.39, 0.29) is 25.2 Å². The second kappa shape index (κ2) is 24.5. The summed E-state index contributed by atoms with van der Waals surface area (Å²) in [5, 5.41) is 47.3. The van der Waals surface area contributed by atoms with Gasteiger partial charge >= 0.3 is 11.9 Å². The smallest absolute Gasteiger partial charge is 0.303 e. The Kier molecular flexibility index (Phi) is 18.6. The highest BCUT2D eigenvalue weighted by molar-refractivity contribution is 7.15. The van der Waals surface area contributed by atoms with Gasteiger partial charge in [-0.15, -0.1) is 22.7 Å². The minimum atomic E-state index is -1.00. The van der Waals surface area contributed by atoms with Crippen LogP contribution in [0.2, 0.25) is 0 Å². The van der Waals surface area contributed by atoms with E-state index in [0.29, 0.717) is 5.56 Å². The molecule has 4 aromatic carbocycles. The van der Waals surface area contributed by atoms with Gasteiger partial charge in [0.15, 0.2) is 18.2 Å². The first kappa shape index (κ1) is 55.6. The average Bonchev–Trinajstić information content (AvgIpc) is 4.18. The van der Waals surface area contributed by atoms with Crippen LogP contribution in [0, 0.1) is 19.8 Å². The molecule has 5 N–H and O–H groups in total. The van der Waals surface area contributed by atoms with Crippen molar-refractivity contribution in [3.63, 3.8) is 0 Å². The molecular weight excluding hydrogens is 969 g/mol. The molecule has 15 heteroatoms. The standard InChI is InChI=1S/C30H34O6S.C27H30O6S.CH4O/c1-17-6-9-24(29-30(36-21(5)33)28(35-20(4)32)18(2)19(3)34-29)14-25(17)15-26-12-13-27(37-26)23-10-7-22(16-31)8-11-23;1-15-4-7-18(22(29)24-23(30)25-26(31-24)33-27(2,3)32-25)12-19(15)13-20-10-11-21(34-20)17-8-5-16(14-28)6-9-17;1-2/h6-14,18-19,28-31H,15-16H2,1-5H3;4-12,22-26,28-30H,13-14H2,1-3H3;2H,1H3/t18-,19-,28+,29?,30-;22?,23-,24+,25+,26+;/m11./s1. The van der Waals surface area contributed by atoms with E-state index in [2.05, 4.69) is 50.2 Å². The summed E-state index contributed by atoms with van der Waals surface area (Å²) in [7, 11) is 1.00. The van der Waals surface area contributed by atoms with Gasteiger partial charge in [0.25, 0.3) is 0 Å². The average molecular weight is 1040 g/mol. The number of fused-ring (bicyclic) bond motifs is 1. The first-order valence-electron chi connectivity index (χ1n) is 24.5. The number of hydrogen-bond donors (Lipinski definition) is 5. The summed E-state index contributed by atoms with van der Waals surface area (Å²) in [6.45, 7) is 14.4. The molecule has 5 heterocycles. The Bertz CT molecular complexity index is 2780. The van der Waals surface area contributed by atoms with E-state index in [0.717, 1.165) is 70.0 Å². The van der Waals surface area contributed by atoms with Crippen LogP contribution in [-0.4, -0.2) is 93.3 Å². The molecular formula is C58H68O13S2. The number of aryl methyl sites for hydroxylation is 2. The van der Waals surface area contributed by atoms with Crippen LogP contribution in [0.5, 0.6) is 0 Å². The number of esters is 2. The van der Waals surface area contributed by atoms with Gasteiger partial charge in [0.1, 0.15) is 36.6 Å². The summed E-state index contributed by atoms with van der Waals surface area (Å²) in [4.78, 5) is 28.6. The molecule has 0 spiro atoms. The van der Waals surface area contributed by atoms with Gasteiger partial charge in [-0.1, -0.05) is 91.9 Å². The van der Waals surface area contributed by atoms with Crippen molar-refractivity contribution in [1.82, 2.24) is 0 Å². The number of thiophene rings is 2. The molecule has 2 aromatic heterocycles. The number of benzene rings is 4. The van der Waals surface area contributed by atoms with Gasteiger partial charge in [0.05, 0.1) is 19.3 Å². The Balaban J connectivity index is 0.000000207. The molecule has 3 fully saturated rings. The lowest BCUT2D eigenvalue weighted by molar-refractivity contribution is -0.226. The van der Waals surface area contributed by atoms with Crippen LogP contribution < -0.4 is 0 Å². The van der Waals surface area contributed by atoms with Crippen molar-refractivity contribution in [2.75, 3.05) is 7.11 Å². The van der Waals surface area contributed by atoms with Gasteiger partial charge in [-0.05, 0) is 115 Å². The van der Waals surface area contributed by atoms with Crippen molar-refractivity contribution in [2.24, 2.45) is 5.92 Å². The quantitative estimate of drug-likeness (QED) is 0.0689. The van der Waals surface area contributed by atoms with Crippen molar-refractivity contribution < 1.29 is 63.5 Å². The van der Waals surface area contributed by atoms with Crippen LogP contribution >= 0.6 is 22.7 Å². The van der Waals surface area contributed by atoms with E-state index in [1.165, 1.54) is 33.4 Å². The topological polar surface area (TPSA) is 191 Å². The summed E-state index contributed by atoms with van der Waals surface area (Å²) in [5.41, 5.74) is 10.2. The lowest BCUT2D eigenvalue weighted by atomic mass is 9.85. The summed E-state index contributed by atoms with van der Waals surface area (Å²) in [6, 6.07) is 36.4. The third-order valence-corrected chi connectivity index (χ3v) is 15.8. The number of ether oxygens (including phenoxy) is 6. The number of aliphatic hydroxyl groups is 5. The van der Waals surface area contributed by atoms with E-state index >= 15 is 0 Å². The van der Waals surface area contributed by atoms with Gasteiger partial charge in [-0.2, -0.15) is 0 Å². The van der Waals surface area contributed by atoms with Crippen LogP contribution in [-0.2, 0) is 64.1 Å². The van der Waals surface area contributed by atoms with Crippen molar-refractivity contribution in [2.45, 2.75) is 142 Å². The van der Waals surface area contributed by atoms with Crippen molar-refractivity contribution >= 4 is 34.6 Å². The van der Waals surface area contributed by atoms with Crippen molar-refractivity contribution in [3.05, 3.63) is 163 Å². The molecule has 3 aliphatic rings. The predicted octanol–water partition coefficient (Wildman–Crippen LogP) is 9.45. The number of hydrogen-bond acceptors (Lipinski definition) is 15. The van der Waals surface area contributed by atoms with E-state index in [4.69, 9.17) is 33.5 Å². The monoisotopic (exact) mass is 1040 g/mol. The molecule has 73 heavy (non-hydrogen) atoms. The van der Waals surface area contributed by atoms with Gasteiger partial charge < -0.3 is 54.0 Å². The molecule has 2 unspecified atom stereocenters. The molecule has 0 radical (unpaired) electrons. The number of aliphatic hydroxyl groups excluding tert-OH is 5. The van der Waals surface area contributed by atoms with Crippen LogP contribution in [0.4, 0.5) is 0 Å². The highest BCUT2D eigenvalue weighted by Gasteiger charge is 2.56. The normalized spacial score (nSPS) is 24.3. The van der Waals surface area contributed by atoms with E-state index in [1.54, 1.807) is 36.5 Å². The molecule has 10 atom stereocenters. The zero-order valence-electron chi connectivity index (χ0n) is 42.8. The van der Waals surface area contributed by atoms with Crippen LogP contribution in [0.15, 0.2) is 109 Å². The molecule has 9 rings (SSSR count). The molecule has 3 saturated heterocycles. The molecule has 0 aliphatic carbocycles. The Morgan fingerprint density at radius 1 is 0.671 bits per heavy atom. The van der Waals surface area contributed by atoms with Crippen molar-refractivity contribution in [3.8, 4) is 20.9 Å². The number of rotatable bonds is 13. The minimum absolute atomic E-state index is 0.0356. The Labute approximate surface area is 435 Å². The maximum Gasteiger partial charge on any atom is 0.303 e. The fourth-order valence-corrected chi connectivity index (χ4v) is 11.5. The van der Waals surface area contributed by atoms with E-state index < -0.39 is 66.7 Å². The third kappa shape index (κ3) is 13.4. The SMILES string of the molecule is CC(=O)O[C@H]1[C@H](C)[C@@H](C)OC(c2ccc(C)c(Cc3ccc(-c4ccc(CO)cc4)s3)c2)[C@@H]1OC(C)=O.CO.Cc1ccc(C(O)[C@@H]2O[C@H]3OC(C)(C)O[C@H]3[C@@H]2O)cc1Cc1ccc(-c2ccc(CO)cc2)s1. The summed E-state index contributed by atoms with van der Waals surface area (Å²) < 4.78 is 35.0. The third-order valence-electron chi connectivity index (χ3n) is 13.5.